The van der Waals surface area contributed by atoms with Gasteiger partial charge < -0.3 is 15.4 Å². The number of hydrogen-bond donors (Lipinski definition) is 1. The van der Waals surface area contributed by atoms with Crippen LogP contribution in [0.5, 0.6) is 5.75 Å². The van der Waals surface area contributed by atoms with Crippen LogP contribution in [0.3, 0.4) is 0 Å². The summed E-state index contributed by atoms with van der Waals surface area (Å²) in [5.74, 6) is 2.62. The highest BCUT2D eigenvalue weighted by atomic mass is 32.2. The highest BCUT2D eigenvalue weighted by molar-refractivity contribution is 7.99. The van der Waals surface area contributed by atoms with Gasteiger partial charge in [0.2, 0.25) is 0 Å². The van der Waals surface area contributed by atoms with Crippen LogP contribution in [0.4, 0.5) is 4.39 Å². The standard InChI is InChI=1S/C14H21FN2OS/c1-18-13-4-2-3-11(15)14(13)12(16)5-6-17-7-9-19-10-8-17/h2-4,12H,5-10,16H2,1H3. The Morgan fingerprint density at radius 1 is 1.42 bits per heavy atom. The summed E-state index contributed by atoms with van der Waals surface area (Å²) < 4.78 is 19.1. The molecule has 1 saturated heterocycles. The Morgan fingerprint density at radius 2 is 2.16 bits per heavy atom. The third-order valence-electron chi connectivity index (χ3n) is 3.46. The maximum atomic E-state index is 13.9. The van der Waals surface area contributed by atoms with Crippen LogP contribution in [0.25, 0.3) is 0 Å². The lowest BCUT2D eigenvalue weighted by atomic mass is 10.0. The Hall–Kier alpha value is -0.780. The first kappa shape index (κ1) is 14.6. The van der Waals surface area contributed by atoms with Crippen molar-refractivity contribution in [3.05, 3.63) is 29.6 Å². The van der Waals surface area contributed by atoms with Crippen molar-refractivity contribution in [1.29, 1.82) is 0 Å². The van der Waals surface area contributed by atoms with E-state index in [-0.39, 0.29) is 11.9 Å². The van der Waals surface area contributed by atoms with Gasteiger partial charge in [-0.15, -0.1) is 0 Å². The van der Waals surface area contributed by atoms with E-state index >= 15 is 0 Å². The first-order chi connectivity index (χ1) is 9.22. The Bertz CT molecular complexity index is 410. The van der Waals surface area contributed by atoms with Crippen molar-refractivity contribution in [2.45, 2.75) is 12.5 Å². The van der Waals surface area contributed by atoms with Gasteiger partial charge in [0.15, 0.2) is 0 Å². The van der Waals surface area contributed by atoms with Gasteiger partial charge in [-0.2, -0.15) is 11.8 Å². The van der Waals surface area contributed by atoms with Gasteiger partial charge in [0.25, 0.3) is 0 Å². The molecule has 1 fully saturated rings. The number of ether oxygens (including phenoxy) is 1. The monoisotopic (exact) mass is 284 g/mol. The Kier molecular flexibility index (Phi) is 5.48. The molecule has 1 aromatic rings. The van der Waals surface area contributed by atoms with Crippen LogP contribution in [-0.2, 0) is 0 Å². The summed E-state index contributed by atoms with van der Waals surface area (Å²) in [7, 11) is 1.55. The SMILES string of the molecule is COc1cccc(F)c1C(N)CCN1CCSCC1. The van der Waals surface area contributed by atoms with Crippen molar-refractivity contribution in [2.75, 3.05) is 38.2 Å². The lowest BCUT2D eigenvalue weighted by Crippen LogP contribution is -2.34. The van der Waals surface area contributed by atoms with Gasteiger partial charge in [0.05, 0.1) is 7.11 Å². The maximum Gasteiger partial charge on any atom is 0.131 e. The van der Waals surface area contributed by atoms with Crippen molar-refractivity contribution in [3.63, 3.8) is 0 Å². The normalized spacial score (nSPS) is 18.3. The number of nitrogens with two attached hydrogens (primary N) is 1. The minimum Gasteiger partial charge on any atom is -0.496 e. The second-order valence-electron chi connectivity index (χ2n) is 4.70. The van der Waals surface area contributed by atoms with E-state index in [9.17, 15) is 4.39 Å². The predicted molar refractivity (Wildman–Crippen MR) is 78.3 cm³/mol. The Labute approximate surface area is 118 Å². The molecule has 0 spiro atoms. The van der Waals surface area contributed by atoms with Gasteiger partial charge in [-0.25, -0.2) is 4.39 Å². The third kappa shape index (κ3) is 3.84. The van der Waals surface area contributed by atoms with E-state index < -0.39 is 0 Å². The zero-order valence-electron chi connectivity index (χ0n) is 11.3. The highest BCUT2D eigenvalue weighted by Gasteiger charge is 2.18. The van der Waals surface area contributed by atoms with Crippen LogP contribution < -0.4 is 10.5 Å². The third-order valence-corrected chi connectivity index (χ3v) is 4.41. The molecule has 1 heterocycles. The van der Waals surface area contributed by atoms with Crippen molar-refractivity contribution in [3.8, 4) is 5.75 Å². The average Bonchev–Trinajstić information content (AvgIpc) is 2.45. The summed E-state index contributed by atoms with van der Waals surface area (Å²) in [6.45, 7) is 3.12. The van der Waals surface area contributed by atoms with Gasteiger partial charge in [-0.05, 0) is 18.6 Å². The van der Waals surface area contributed by atoms with Crippen molar-refractivity contribution in [2.24, 2.45) is 5.73 Å². The van der Waals surface area contributed by atoms with Gasteiger partial charge in [0, 0.05) is 42.7 Å². The molecule has 1 unspecified atom stereocenters. The first-order valence-corrected chi connectivity index (χ1v) is 7.76. The lowest BCUT2D eigenvalue weighted by Gasteiger charge is -2.27. The molecule has 5 heteroatoms. The van der Waals surface area contributed by atoms with Crippen LogP contribution >= 0.6 is 11.8 Å². The number of hydrogen-bond acceptors (Lipinski definition) is 4. The fraction of sp³-hybridized carbons (Fsp3) is 0.571. The maximum absolute atomic E-state index is 13.9. The molecular formula is C14H21FN2OS. The zero-order valence-corrected chi connectivity index (χ0v) is 12.1. The molecule has 2 rings (SSSR count). The van der Waals surface area contributed by atoms with E-state index in [1.165, 1.54) is 17.6 Å². The average molecular weight is 284 g/mol. The van der Waals surface area contributed by atoms with Crippen molar-refractivity contribution < 1.29 is 9.13 Å². The molecule has 1 atom stereocenters. The van der Waals surface area contributed by atoms with Gasteiger partial charge in [-0.1, -0.05) is 6.07 Å². The number of methoxy groups -OCH3 is 1. The van der Waals surface area contributed by atoms with Gasteiger partial charge >= 0.3 is 0 Å². The minimum absolute atomic E-state index is 0.277. The molecule has 0 amide bonds. The van der Waals surface area contributed by atoms with E-state index in [1.807, 2.05) is 11.8 Å². The van der Waals surface area contributed by atoms with E-state index in [0.717, 1.165) is 26.1 Å². The molecule has 3 nitrogen and oxygen atoms in total. The van der Waals surface area contributed by atoms with Crippen LogP contribution in [0.1, 0.15) is 18.0 Å². The van der Waals surface area contributed by atoms with Gasteiger partial charge in [-0.3, -0.25) is 0 Å². The largest absolute Gasteiger partial charge is 0.496 e. The number of halogens is 1. The van der Waals surface area contributed by atoms with Crippen molar-refractivity contribution >= 4 is 11.8 Å². The van der Waals surface area contributed by atoms with Crippen molar-refractivity contribution in [1.82, 2.24) is 4.90 Å². The fourth-order valence-corrected chi connectivity index (χ4v) is 3.32. The van der Waals surface area contributed by atoms with Crippen LogP contribution in [0, 0.1) is 5.82 Å². The molecule has 1 aromatic carbocycles. The quantitative estimate of drug-likeness (QED) is 0.900. The molecular weight excluding hydrogens is 263 g/mol. The zero-order chi connectivity index (χ0) is 13.7. The molecule has 1 aliphatic rings. The summed E-state index contributed by atoms with van der Waals surface area (Å²) in [6.07, 6.45) is 0.752. The molecule has 0 aliphatic carbocycles. The molecule has 0 saturated carbocycles. The number of benzene rings is 1. The summed E-state index contributed by atoms with van der Waals surface area (Å²) in [5, 5.41) is 0. The molecule has 0 bridgehead atoms. The Balaban J connectivity index is 1.97. The van der Waals surface area contributed by atoms with E-state index in [4.69, 9.17) is 10.5 Å². The first-order valence-electron chi connectivity index (χ1n) is 6.60. The summed E-state index contributed by atoms with van der Waals surface area (Å²) in [4.78, 5) is 2.39. The number of thioether (sulfide) groups is 1. The smallest absolute Gasteiger partial charge is 0.131 e. The van der Waals surface area contributed by atoms with E-state index in [1.54, 1.807) is 19.2 Å². The fourth-order valence-electron chi connectivity index (χ4n) is 2.35. The van der Waals surface area contributed by atoms with E-state index in [2.05, 4.69) is 4.90 Å². The highest BCUT2D eigenvalue weighted by Crippen LogP contribution is 2.28. The Morgan fingerprint density at radius 3 is 2.84 bits per heavy atom. The second kappa shape index (κ2) is 7.12. The van der Waals surface area contributed by atoms with Gasteiger partial charge in [0.1, 0.15) is 11.6 Å². The van der Waals surface area contributed by atoms with E-state index in [0.29, 0.717) is 11.3 Å². The summed E-state index contributed by atoms with van der Waals surface area (Å²) in [5.41, 5.74) is 6.63. The molecule has 0 radical (unpaired) electrons. The molecule has 2 N–H and O–H groups in total. The number of nitrogens with zero attached hydrogens (tertiary/aromatic N) is 1. The lowest BCUT2D eigenvalue weighted by molar-refractivity contribution is 0.287. The minimum atomic E-state index is -0.314. The molecule has 106 valence electrons. The van der Waals surface area contributed by atoms with Crippen LogP contribution in [0.2, 0.25) is 0 Å². The van der Waals surface area contributed by atoms with Crippen LogP contribution in [0.15, 0.2) is 18.2 Å². The molecule has 19 heavy (non-hydrogen) atoms. The van der Waals surface area contributed by atoms with Crippen LogP contribution in [-0.4, -0.2) is 43.1 Å². The predicted octanol–water partition coefficient (Wildman–Crippen LogP) is 2.27. The molecule has 1 aliphatic heterocycles. The topological polar surface area (TPSA) is 38.5 Å². The summed E-state index contributed by atoms with van der Waals surface area (Å²) in [6, 6.07) is 4.53. The number of rotatable bonds is 5. The summed E-state index contributed by atoms with van der Waals surface area (Å²) >= 11 is 1.98. The second-order valence-corrected chi connectivity index (χ2v) is 5.93. The molecule has 0 aromatic heterocycles.